The van der Waals surface area contributed by atoms with E-state index in [1.165, 1.54) is 16.5 Å². The molecule has 2 rings (SSSR count). The molecule has 2 heteroatoms. The van der Waals surface area contributed by atoms with Gasteiger partial charge in [0.25, 0.3) is 0 Å². The lowest BCUT2D eigenvalue weighted by Crippen LogP contribution is -2.05. The molecule has 104 valence electrons. The number of anilines is 1. The largest absolute Gasteiger partial charge is 0.383 e. The zero-order valence-electron chi connectivity index (χ0n) is 12.8. The normalized spacial score (nSPS) is 10.8. The van der Waals surface area contributed by atoms with Crippen LogP contribution < -0.4 is 5.73 Å². The molecule has 1 aromatic heterocycles. The lowest BCUT2D eigenvalue weighted by atomic mass is 9.86. The van der Waals surface area contributed by atoms with Crippen molar-refractivity contribution in [1.29, 1.82) is 0 Å². The summed E-state index contributed by atoms with van der Waals surface area (Å²) in [5.41, 5.74) is 13.1. The third kappa shape index (κ3) is 1.83. The first-order valence-corrected chi connectivity index (χ1v) is 6.94. The van der Waals surface area contributed by atoms with Crippen molar-refractivity contribution in [3.8, 4) is 0 Å². The van der Waals surface area contributed by atoms with Gasteiger partial charge in [-0.2, -0.15) is 0 Å². The van der Waals surface area contributed by atoms with Crippen LogP contribution in [0.15, 0.2) is 13.2 Å². The van der Waals surface area contributed by atoms with Gasteiger partial charge in [0, 0.05) is 11.1 Å². The first kappa shape index (κ1) is 14.3. The fourth-order valence-corrected chi connectivity index (χ4v) is 3.07. The molecule has 0 atom stereocenters. The Bertz CT molecular complexity index is 725. The molecule has 0 saturated heterocycles. The minimum absolute atomic E-state index is 0.592. The van der Waals surface area contributed by atoms with E-state index in [4.69, 9.17) is 5.73 Å². The van der Waals surface area contributed by atoms with Crippen molar-refractivity contribution in [2.24, 2.45) is 0 Å². The second-order valence-electron chi connectivity index (χ2n) is 5.15. The molecule has 1 heterocycles. The van der Waals surface area contributed by atoms with Gasteiger partial charge in [0.1, 0.15) is 5.82 Å². The summed E-state index contributed by atoms with van der Waals surface area (Å²) in [6, 6.07) is 0. The number of rotatable bonds is 3. The molecular weight excluding hydrogens is 244 g/mol. The average Bonchev–Trinajstić information content (AvgIpc) is 2.43. The molecule has 0 fully saturated rings. The van der Waals surface area contributed by atoms with Crippen LogP contribution in [-0.2, 0) is 6.42 Å². The van der Waals surface area contributed by atoms with E-state index in [0.717, 1.165) is 34.2 Å². The molecule has 0 unspecified atom stereocenters. The SMILES string of the molecule is C=Cc1c(CC)c(C=C)c2c(C)c(C)nc(N)c2c1C. The van der Waals surface area contributed by atoms with Crippen molar-refractivity contribution in [1.82, 2.24) is 4.98 Å². The van der Waals surface area contributed by atoms with Gasteiger partial charge in [0.2, 0.25) is 0 Å². The zero-order chi connectivity index (χ0) is 15.0. The van der Waals surface area contributed by atoms with Gasteiger partial charge in [0.15, 0.2) is 0 Å². The standard InChI is InChI=1S/C18H22N2/c1-7-13-11(5)17-16(15(9-3)14(13)8-2)10(4)12(6)20-18(17)19/h7,9H,1,3,8H2,2,4-6H3,(H2,19,20). The Morgan fingerprint density at radius 1 is 1.00 bits per heavy atom. The van der Waals surface area contributed by atoms with Crippen molar-refractivity contribution in [3.63, 3.8) is 0 Å². The molecule has 0 aliphatic rings. The van der Waals surface area contributed by atoms with Crippen LogP contribution in [-0.4, -0.2) is 4.98 Å². The van der Waals surface area contributed by atoms with Crippen molar-refractivity contribution >= 4 is 28.7 Å². The number of pyridine rings is 1. The Hall–Kier alpha value is -2.09. The predicted octanol–water partition coefficient (Wildman–Crippen LogP) is 4.59. The Morgan fingerprint density at radius 2 is 1.60 bits per heavy atom. The number of nitrogen functional groups attached to an aromatic ring is 1. The summed E-state index contributed by atoms with van der Waals surface area (Å²) < 4.78 is 0. The van der Waals surface area contributed by atoms with Crippen LogP contribution in [0.3, 0.4) is 0 Å². The number of fused-ring (bicyclic) bond motifs is 1. The fraction of sp³-hybridized carbons (Fsp3) is 0.278. The minimum atomic E-state index is 0.592. The monoisotopic (exact) mass is 266 g/mol. The van der Waals surface area contributed by atoms with Gasteiger partial charge in [-0.05, 0) is 60.4 Å². The van der Waals surface area contributed by atoms with E-state index in [1.54, 1.807) is 0 Å². The van der Waals surface area contributed by atoms with Crippen LogP contribution in [0.25, 0.3) is 22.9 Å². The Kier molecular flexibility index (Phi) is 3.67. The summed E-state index contributed by atoms with van der Waals surface area (Å²) in [5.74, 6) is 0.592. The van der Waals surface area contributed by atoms with Crippen molar-refractivity contribution in [2.75, 3.05) is 5.73 Å². The van der Waals surface area contributed by atoms with Crippen LogP contribution >= 0.6 is 0 Å². The third-order valence-electron chi connectivity index (χ3n) is 4.17. The first-order chi connectivity index (χ1) is 9.47. The number of hydrogen-bond acceptors (Lipinski definition) is 2. The average molecular weight is 266 g/mol. The Labute approximate surface area is 121 Å². The quantitative estimate of drug-likeness (QED) is 0.882. The number of nitrogens with zero attached hydrogens (tertiary/aromatic N) is 1. The number of aromatic nitrogens is 1. The minimum Gasteiger partial charge on any atom is -0.383 e. The molecule has 0 radical (unpaired) electrons. The molecule has 0 bridgehead atoms. The molecule has 0 spiro atoms. The zero-order valence-corrected chi connectivity index (χ0v) is 12.8. The first-order valence-electron chi connectivity index (χ1n) is 6.94. The van der Waals surface area contributed by atoms with Gasteiger partial charge in [-0.1, -0.05) is 32.2 Å². The summed E-state index contributed by atoms with van der Waals surface area (Å²) in [5, 5.41) is 2.22. The third-order valence-corrected chi connectivity index (χ3v) is 4.17. The maximum absolute atomic E-state index is 6.19. The van der Waals surface area contributed by atoms with Crippen LogP contribution in [0.5, 0.6) is 0 Å². The van der Waals surface area contributed by atoms with Crippen LogP contribution in [0.4, 0.5) is 5.82 Å². The molecule has 2 N–H and O–H groups in total. The van der Waals surface area contributed by atoms with E-state index < -0.39 is 0 Å². The molecule has 0 saturated carbocycles. The van der Waals surface area contributed by atoms with E-state index >= 15 is 0 Å². The van der Waals surface area contributed by atoms with Crippen LogP contribution in [0, 0.1) is 20.8 Å². The second-order valence-corrected chi connectivity index (χ2v) is 5.15. The number of benzene rings is 1. The molecule has 0 aliphatic carbocycles. The molecule has 2 aromatic rings. The van der Waals surface area contributed by atoms with E-state index in [0.29, 0.717) is 5.82 Å². The number of aryl methyl sites for hydroxylation is 3. The topological polar surface area (TPSA) is 38.9 Å². The number of nitrogens with two attached hydrogens (primary N) is 1. The van der Waals surface area contributed by atoms with Crippen molar-refractivity contribution < 1.29 is 0 Å². The summed E-state index contributed by atoms with van der Waals surface area (Å²) in [6.45, 7) is 16.3. The van der Waals surface area contributed by atoms with Crippen molar-refractivity contribution in [2.45, 2.75) is 34.1 Å². The maximum Gasteiger partial charge on any atom is 0.131 e. The molecule has 2 nitrogen and oxygen atoms in total. The summed E-state index contributed by atoms with van der Waals surface area (Å²) in [6.07, 6.45) is 4.79. The lowest BCUT2D eigenvalue weighted by Gasteiger charge is -2.20. The van der Waals surface area contributed by atoms with E-state index in [1.807, 2.05) is 19.1 Å². The maximum atomic E-state index is 6.19. The fourth-order valence-electron chi connectivity index (χ4n) is 3.07. The highest BCUT2D eigenvalue weighted by Gasteiger charge is 2.18. The highest BCUT2D eigenvalue weighted by Crippen LogP contribution is 2.37. The van der Waals surface area contributed by atoms with Gasteiger partial charge in [-0.25, -0.2) is 4.98 Å². The van der Waals surface area contributed by atoms with Gasteiger partial charge < -0.3 is 5.73 Å². The van der Waals surface area contributed by atoms with E-state index in [9.17, 15) is 0 Å². The van der Waals surface area contributed by atoms with E-state index in [-0.39, 0.29) is 0 Å². The molecule has 0 amide bonds. The van der Waals surface area contributed by atoms with Gasteiger partial charge in [-0.15, -0.1) is 0 Å². The number of hydrogen-bond donors (Lipinski definition) is 1. The Balaban J connectivity index is 3.21. The van der Waals surface area contributed by atoms with Crippen LogP contribution in [0.2, 0.25) is 0 Å². The van der Waals surface area contributed by atoms with Gasteiger partial charge in [0.05, 0.1) is 0 Å². The predicted molar refractivity (Wildman–Crippen MR) is 89.9 cm³/mol. The summed E-state index contributed by atoms with van der Waals surface area (Å²) in [7, 11) is 0. The van der Waals surface area contributed by atoms with Crippen molar-refractivity contribution in [3.05, 3.63) is 46.7 Å². The smallest absolute Gasteiger partial charge is 0.131 e. The van der Waals surface area contributed by atoms with Crippen LogP contribution in [0.1, 0.15) is 40.4 Å². The lowest BCUT2D eigenvalue weighted by molar-refractivity contribution is 1.12. The van der Waals surface area contributed by atoms with Gasteiger partial charge >= 0.3 is 0 Å². The molecular formula is C18H22N2. The van der Waals surface area contributed by atoms with E-state index in [2.05, 4.69) is 38.9 Å². The molecule has 1 aromatic carbocycles. The highest BCUT2D eigenvalue weighted by atomic mass is 14.8. The Morgan fingerprint density at radius 3 is 2.10 bits per heavy atom. The summed E-state index contributed by atoms with van der Waals surface area (Å²) in [4.78, 5) is 4.48. The highest BCUT2D eigenvalue weighted by molar-refractivity contribution is 6.04. The van der Waals surface area contributed by atoms with Gasteiger partial charge in [-0.3, -0.25) is 0 Å². The molecule has 0 aliphatic heterocycles. The summed E-state index contributed by atoms with van der Waals surface area (Å²) >= 11 is 0. The second kappa shape index (κ2) is 5.12. The molecule has 20 heavy (non-hydrogen) atoms.